The average Bonchev–Trinajstić information content (AvgIpc) is 3.31. The molecule has 0 spiro atoms. The van der Waals surface area contributed by atoms with Crippen LogP contribution in [0.3, 0.4) is 0 Å². The molecule has 0 aromatic heterocycles. The molecule has 0 bridgehead atoms. The van der Waals surface area contributed by atoms with Crippen LogP contribution in [0.15, 0.2) is 121 Å². The van der Waals surface area contributed by atoms with Gasteiger partial charge in [0.1, 0.15) is 6.61 Å². The van der Waals surface area contributed by atoms with Gasteiger partial charge in [-0.1, -0.05) is 121 Å². The summed E-state index contributed by atoms with van der Waals surface area (Å²) < 4.78 is 18.8. The second-order valence-corrected chi connectivity index (χ2v) is 14.0. The summed E-state index contributed by atoms with van der Waals surface area (Å²) in [5.41, 5.74) is 2.82. The molecule has 2 fully saturated rings. The molecule has 1 amide bonds. The highest BCUT2D eigenvalue weighted by atomic mass is 35.5. The van der Waals surface area contributed by atoms with Crippen molar-refractivity contribution < 1.29 is 18.5 Å². The first kappa shape index (κ1) is 29.3. The monoisotopic (exact) mass is 612 g/mol. The van der Waals surface area contributed by atoms with Crippen molar-refractivity contribution >= 4 is 34.3 Å². The first-order valence-corrected chi connectivity index (χ1v) is 16.0. The lowest BCUT2D eigenvalue weighted by molar-refractivity contribution is -0.161. The maximum Gasteiger partial charge on any atom is 0.332 e. The minimum absolute atomic E-state index is 0.0371. The van der Waals surface area contributed by atoms with E-state index in [4.69, 9.17) is 16.3 Å². The fraction of sp³-hybridized carbons (Fsp3) is 0.257. The van der Waals surface area contributed by atoms with Crippen molar-refractivity contribution in [1.29, 1.82) is 0 Å². The highest BCUT2D eigenvalue weighted by molar-refractivity contribution is 7.88. The smallest absolute Gasteiger partial charge is 0.332 e. The number of nitrogens with zero attached hydrogens (tertiary/aromatic N) is 1. The molecule has 6 rings (SSSR count). The molecule has 220 valence electrons. The lowest BCUT2D eigenvalue weighted by Crippen LogP contribution is -2.60. The Kier molecular flexibility index (Phi) is 8.23. The number of nitrogens with one attached hydrogen (secondary N) is 1. The molecular weight excluding hydrogens is 580 g/mol. The third kappa shape index (κ3) is 5.30. The quantitative estimate of drug-likeness (QED) is 0.107. The number of hydrogen-bond donors (Lipinski definition) is 1. The zero-order valence-corrected chi connectivity index (χ0v) is 25.3. The van der Waals surface area contributed by atoms with E-state index in [1.807, 2.05) is 128 Å². The summed E-state index contributed by atoms with van der Waals surface area (Å²) in [6, 6.07) is 37.9. The van der Waals surface area contributed by atoms with Crippen molar-refractivity contribution in [3.05, 3.63) is 144 Å². The van der Waals surface area contributed by atoms with Gasteiger partial charge >= 0.3 is 5.97 Å². The molecule has 43 heavy (non-hydrogen) atoms. The van der Waals surface area contributed by atoms with E-state index in [0.29, 0.717) is 0 Å². The van der Waals surface area contributed by atoms with Crippen LogP contribution in [0.4, 0.5) is 0 Å². The van der Waals surface area contributed by atoms with Gasteiger partial charge in [-0.3, -0.25) is 14.3 Å². The Balaban J connectivity index is 1.36. The Bertz CT molecular complexity index is 1510. The number of ether oxygens (including phenoxy) is 1. The largest absolute Gasteiger partial charge is 0.459 e. The molecule has 0 saturated carbocycles. The fourth-order valence-electron chi connectivity index (χ4n) is 6.42. The van der Waals surface area contributed by atoms with E-state index >= 15 is 0 Å². The van der Waals surface area contributed by atoms with Gasteiger partial charge in [0, 0.05) is 18.9 Å². The Hall–Kier alpha value is -3.78. The van der Waals surface area contributed by atoms with Crippen LogP contribution in [0.1, 0.15) is 42.0 Å². The SMILES string of the molecule is CC(NC(c1ccccc1)(c1ccccc1)c1ccccc1)S(=O)C1(Cl)CC2CC(=O)N2C1C(=O)OCc1ccccc1. The second-order valence-electron chi connectivity index (χ2n) is 11.1. The average molecular weight is 613 g/mol. The number of hydrogen-bond acceptors (Lipinski definition) is 5. The molecule has 6 nitrogen and oxygen atoms in total. The highest BCUT2D eigenvalue weighted by Gasteiger charge is 2.65. The predicted molar refractivity (Wildman–Crippen MR) is 168 cm³/mol. The van der Waals surface area contributed by atoms with Gasteiger partial charge in [-0.2, -0.15) is 0 Å². The van der Waals surface area contributed by atoms with Gasteiger partial charge in [0.05, 0.1) is 21.7 Å². The molecule has 0 aliphatic carbocycles. The summed E-state index contributed by atoms with van der Waals surface area (Å²) in [4.78, 5) is 27.8. The predicted octanol–water partition coefficient (Wildman–Crippen LogP) is 5.71. The molecular formula is C35H33ClN2O4S. The highest BCUT2D eigenvalue weighted by Crippen LogP contribution is 2.49. The summed E-state index contributed by atoms with van der Waals surface area (Å²) in [5, 5.41) is 3.02. The van der Waals surface area contributed by atoms with E-state index in [2.05, 4.69) is 5.32 Å². The van der Waals surface area contributed by atoms with Crippen LogP contribution in [0.5, 0.6) is 0 Å². The first-order valence-electron chi connectivity index (χ1n) is 14.4. The van der Waals surface area contributed by atoms with E-state index in [9.17, 15) is 13.8 Å². The summed E-state index contributed by atoms with van der Waals surface area (Å²) in [6.45, 7) is 1.86. The summed E-state index contributed by atoms with van der Waals surface area (Å²) in [7, 11) is -1.83. The van der Waals surface area contributed by atoms with Crippen LogP contribution in [-0.4, -0.2) is 42.6 Å². The van der Waals surface area contributed by atoms with Crippen LogP contribution in [0.25, 0.3) is 0 Å². The minimum atomic E-state index is -1.83. The van der Waals surface area contributed by atoms with E-state index in [0.717, 1.165) is 22.3 Å². The molecule has 5 atom stereocenters. The van der Waals surface area contributed by atoms with Crippen LogP contribution < -0.4 is 5.32 Å². The maximum atomic E-state index is 14.6. The number of β-lactam (4-membered cyclic amide) rings is 1. The Morgan fingerprint density at radius 3 is 1.84 bits per heavy atom. The lowest BCUT2D eigenvalue weighted by Gasteiger charge is -2.41. The molecule has 4 aromatic carbocycles. The Morgan fingerprint density at radius 2 is 1.37 bits per heavy atom. The molecule has 8 heteroatoms. The zero-order valence-electron chi connectivity index (χ0n) is 23.8. The van der Waals surface area contributed by atoms with Crippen molar-refractivity contribution in [3.63, 3.8) is 0 Å². The number of carbonyl (C=O) groups excluding carboxylic acids is 2. The summed E-state index contributed by atoms with van der Waals surface area (Å²) >= 11 is 7.29. The van der Waals surface area contributed by atoms with Gasteiger partial charge in [-0.05, 0) is 29.2 Å². The van der Waals surface area contributed by atoms with Gasteiger partial charge in [0.25, 0.3) is 0 Å². The van der Waals surface area contributed by atoms with E-state index in [1.54, 1.807) is 0 Å². The molecule has 0 radical (unpaired) electrons. The molecule has 2 aliphatic rings. The molecule has 1 N–H and O–H groups in total. The topological polar surface area (TPSA) is 75.7 Å². The van der Waals surface area contributed by atoms with Crippen LogP contribution in [0.2, 0.25) is 0 Å². The lowest BCUT2D eigenvalue weighted by atomic mass is 9.77. The number of amides is 1. The number of benzene rings is 4. The number of alkyl halides is 1. The van der Waals surface area contributed by atoms with E-state index in [-0.39, 0.29) is 31.4 Å². The third-order valence-corrected chi connectivity index (χ3v) is 11.1. The van der Waals surface area contributed by atoms with Crippen molar-refractivity contribution in [2.45, 2.75) is 53.6 Å². The third-order valence-electron chi connectivity index (χ3n) is 8.44. The maximum absolute atomic E-state index is 14.6. The first-order chi connectivity index (χ1) is 20.8. The number of halogens is 1. The number of fused-ring (bicyclic) bond motifs is 1. The Morgan fingerprint density at radius 1 is 0.907 bits per heavy atom. The number of rotatable bonds is 10. The Labute approximate surface area is 259 Å². The van der Waals surface area contributed by atoms with Gasteiger partial charge in [0.15, 0.2) is 10.2 Å². The van der Waals surface area contributed by atoms with E-state index < -0.39 is 37.9 Å². The van der Waals surface area contributed by atoms with Gasteiger partial charge in [-0.25, -0.2) is 4.79 Å². The van der Waals surface area contributed by atoms with Crippen LogP contribution >= 0.6 is 11.6 Å². The summed E-state index contributed by atoms with van der Waals surface area (Å²) in [5.74, 6) is -0.825. The minimum Gasteiger partial charge on any atom is -0.459 e. The zero-order chi connectivity index (χ0) is 30.0. The van der Waals surface area contributed by atoms with Gasteiger partial charge < -0.3 is 9.64 Å². The summed E-state index contributed by atoms with van der Waals surface area (Å²) in [6.07, 6.45) is 0.511. The van der Waals surface area contributed by atoms with E-state index in [1.165, 1.54) is 4.90 Å². The van der Waals surface area contributed by atoms with Crippen LogP contribution in [-0.2, 0) is 37.3 Å². The van der Waals surface area contributed by atoms with Crippen molar-refractivity contribution in [1.82, 2.24) is 10.2 Å². The van der Waals surface area contributed by atoms with Gasteiger partial charge in [0.2, 0.25) is 5.91 Å². The number of carbonyl (C=O) groups is 2. The van der Waals surface area contributed by atoms with Crippen molar-refractivity contribution in [2.24, 2.45) is 0 Å². The molecule has 2 saturated heterocycles. The molecule has 2 aliphatic heterocycles. The molecule has 4 aromatic rings. The fourth-order valence-corrected chi connectivity index (χ4v) is 8.85. The normalized spacial score (nSPS) is 22.7. The second kappa shape index (κ2) is 12.1. The van der Waals surface area contributed by atoms with Crippen molar-refractivity contribution in [2.75, 3.05) is 0 Å². The van der Waals surface area contributed by atoms with Crippen LogP contribution in [0, 0.1) is 0 Å². The number of esters is 1. The van der Waals surface area contributed by atoms with Crippen molar-refractivity contribution in [3.8, 4) is 0 Å². The standard InChI is InChI=1S/C35H33ClN2O4S/c1-25(37-35(27-16-8-3-9-17-27,28-18-10-4-11-19-28)29-20-12-5-13-21-29)43(41)34(36)23-30-22-31(39)38(30)32(34)33(40)42-24-26-14-6-2-7-15-26/h2-21,25,30,32,37H,22-24H2,1H3. The molecule has 5 unspecified atom stereocenters. The van der Waals surface area contributed by atoms with Gasteiger partial charge in [-0.15, -0.1) is 11.6 Å². The molecule has 2 heterocycles.